The molecule has 1 aromatic rings. The Labute approximate surface area is 156 Å². The molecule has 1 amide bonds. The lowest BCUT2D eigenvalue weighted by Crippen LogP contribution is -2.35. The van der Waals surface area contributed by atoms with Gasteiger partial charge in [0.1, 0.15) is 11.3 Å². The first kappa shape index (κ1) is 20.3. The van der Waals surface area contributed by atoms with Crippen LogP contribution in [0.3, 0.4) is 0 Å². The maximum Gasteiger partial charge on any atom is 0.341 e. The topological polar surface area (TPSA) is 64.6 Å². The predicted octanol–water partition coefficient (Wildman–Crippen LogP) is 3.95. The molecule has 1 N–H and O–H groups in total. The summed E-state index contributed by atoms with van der Waals surface area (Å²) in [5.41, 5.74) is 1.53. The number of methoxy groups -OCH3 is 2. The minimum absolute atomic E-state index is 0.0897. The van der Waals surface area contributed by atoms with Gasteiger partial charge < -0.3 is 14.8 Å². The number of ether oxygens (including phenoxy) is 2. The molecule has 0 heterocycles. The van der Waals surface area contributed by atoms with Gasteiger partial charge in [0.2, 0.25) is 5.91 Å². The summed E-state index contributed by atoms with van der Waals surface area (Å²) < 4.78 is 9.98. The van der Waals surface area contributed by atoms with Gasteiger partial charge in [0.15, 0.2) is 0 Å². The van der Waals surface area contributed by atoms with Crippen LogP contribution in [-0.4, -0.2) is 26.1 Å². The monoisotopic (exact) mass is 361 g/mol. The van der Waals surface area contributed by atoms with E-state index in [1.54, 1.807) is 12.1 Å². The standard InChI is InChI=1S/C21H31NO4/c1-21(2,3)16-9-7-15(8-10-16)19(23)22-13-14-6-11-18(25-4)17(12-14)20(24)26-5/h6,11-12,15-16H,7-10,13H2,1-5H3,(H,22,23). The van der Waals surface area contributed by atoms with Crippen LogP contribution in [0.25, 0.3) is 0 Å². The van der Waals surface area contributed by atoms with Crippen LogP contribution < -0.4 is 10.1 Å². The van der Waals surface area contributed by atoms with Crippen molar-refractivity contribution in [3.05, 3.63) is 29.3 Å². The zero-order valence-electron chi connectivity index (χ0n) is 16.6. The maximum absolute atomic E-state index is 12.5. The molecule has 1 aliphatic carbocycles. The number of benzene rings is 1. The average Bonchev–Trinajstić information content (AvgIpc) is 2.64. The Balaban J connectivity index is 1.93. The summed E-state index contributed by atoms with van der Waals surface area (Å²) >= 11 is 0. The number of amides is 1. The smallest absolute Gasteiger partial charge is 0.341 e. The third-order valence-corrected chi connectivity index (χ3v) is 5.46. The number of carbonyl (C=O) groups excluding carboxylic acids is 2. The largest absolute Gasteiger partial charge is 0.496 e. The molecule has 0 unspecified atom stereocenters. The molecule has 0 radical (unpaired) electrons. The molecule has 1 fully saturated rings. The van der Waals surface area contributed by atoms with E-state index in [0.717, 1.165) is 31.2 Å². The van der Waals surface area contributed by atoms with Crippen LogP contribution in [0.2, 0.25) is 0 Å². The Morgan fingerprint density at radius 3 is 2.31 bits per heavy atom. The van der Waals surface area contributed by atoms with Crippen molar-refractivity contribution in [1.82, 2.24) is 5.32 Å². The minimum atomic E-state index is -0.449. The molecule has 1 saturated carbocycles. The molecule has 0 bridgehead atoms. The van der Waals surface area contributed by atoms with E-state index in [4.69, 9.17) is 9.47 Å². The average molecular weight is 361 g/mol. The summed E-state index contributed by atoms with van der Waals surface area (Å²) in [6, 6.07) is 5.28. The fourth-order valence-corrected chi connectivity index (χ4v) is 3.69. The Bertz CT molecular complexity index is 640. The van der Waals surface area contributed by atoms with Crippen LogP contribution in [-0.2, 0) is 16.1 Å². The highest BCUT2D eigenvalue weighted by Crippen LogP contribution is 2.39. The Hall–Kier alpha value is -2.04. The van der Waals surface area contributed by atoms with Crippen LogP contribution in [0.1, 0.15) is 62.4 Å². The second-order valence-electron chi connectivity index (χ2n) is 8.16. The number of carbonyl (C=O) groups is 2. The van der Waals surface area contributed by atoms with Gasteiger partial charge in [-0.3, -0.25) is 4.79 Å². The van der Waals surface area contributed by atoms with E-state index < -0.39 is 5.97 Å². The third kappa shape index (κ3) is 4.99. The molecule has 1 aromatic carbocycles. The molecule has 26 heavy (non-hydrogen) atoms. The normalized spacial score (nSPS) is 20.3. The molecule has 144 valence electrons. The molecular formula is C21H31NO4. The zero-order chi connectivity index (χ0) is 19.3. The van der Waals surface area contributed by atoms with E-state index in [2.05, 4.69) is 26.1 Å². The summed E-state index contributed by atoms with van der Waals surface area (Å²) in [5, 5.41) is 3.01. The van der Waals surface area contributed by atoms with E-state index in [-0.39, 0.29) is 11.8 Å². The second kappa shape index (κ2) is 8.56. The third-order valence-electron chi connectivity index (χ3n) is 5.46. The van der Waals surface area contributed by atoms with Crippen molar-refractivity contribution in [3.63, 3.8) is 0 Å². The summed E-state index contributed by atoms with van der Waals surface area (Å²) in [7, 11) is 2.85. The summed E-state index contributed by atoms with van der Waals surface area (Å²) in [5.74, 6) is 0.901. The molecule has 0 aromatic heterocycles. The highest BCUT2D eigenvalue weighted by atomic mass is 16.5. The van der Waals surface area contributed by atoms with E-state index >= 15 is 0 Å². The molecule has 1 aliphatic rings. The van der Waals surface area contributed by atoms with Gasteiger partial charge in [0.05, 0.1) is 14.2 Å². The van der Waals surface area contributed by atoms with Gasteiger partial charge in [0.25, 0.3) is 0 Å². The predicted molar refractivity (Wildman–Crippen MR) is 101 cm³/mol. The fourth-order valence-electron chi connectivity index (χ4n) is 3.69. The maximum atomic E-state index is 12.5. The van der Waals surface area contributed by atoms with Gasteiger partial charge in [-0.1, -0.05) is 26.8 Å². The number of hydrogen-bond donors (Lipinski definition) is 1. The molecule has 5 nitrogen and oxygen atoms in total. The highest BCUT2D eigenvalue weighted by molar-refractivity contribution is 5.92. The van der Waals surface area contributed by atoms with Gasteiger partial charge in [-0.2, -0.15) is 0 Å². The van der Waals surface area contributed by atoms with Crippen molar-refractivity contribution in [2.45, 2.75) is 53.0 Å². The van der Waals surface area contributed by atoms with Crippen LogP contribution >= 0.6 is 0 Å². The first-order valence-electron chi connectivity index (χ1n) is 9.29. The van der Waals surface area contributed by atoms with Crippen LogP contribution in [0, 0.1) is 17.3 Å². The van der Waals surface area contributed by atoms with Crippen LogP contribution in [0.15, 0.2) is 18.2 Å². The number of nitrogens with one attached hydrogen (secondary N) is 1. The number of rotatable bonds is 5. The van der Waals surface area contributed by atoms with E-state index in [1.807, 2.05) is 6.07 Å². The highest BCUT2D eigenvalue weighted by Gasteiger charge is 2.32. The van der Waals surface area contributed by atoms with Crippen molar-refractivity contribution in [2.75, 3.05) is 14.2 Å². The van der Waals surface area contributed by atoms with E-state index in [1.165, 1.54) is 14.2 Å². The minimum Gasteiger partial charge on any atom is -0.496 e. The number of esters is 1. The first-order valence-corrected chi connectivity index (χ1v) is 9.29. The molecule has 0 atom stereocenters. The Morgan fingerprint density at radius 2 is 1.77 bits per heavy atom. The lowest BCUT2D eigenvalue weighted by Gasteiger charge is -2.36. The molecule has 2 rings (SSSR count). The number of hydrogen-bond acceptors (Lipinski definition) is 4. The Morgan fingerprint density at radius 1 is 1.12 bits per heavy atom. The molecule has 0 aliphatic heterocycles. The van der Waals surface area contributed by atoms with Gasteiger partial charge in [0, 0.05) is 12.5 Å². The SMILES string of the molecule is COC(=O)c1cc(CNC(=O)C2CCC(C(C)(C)C)CC2)ccc1OC. The Kier molecular flexibility index (Phi) is 6.68. The van der Waals surface area contributed by atoms with Crippen molar-refractivity contribution in [3.8, 4) is 5.75 Å². The molecule has 0 saturated heterocycles. The van der Waals surface area contributed by atoms with Crippen LogP contribution in [0.4, 0.5) is 0 Å². The summed E-state index contributed by atoms with van der Waals surface area (Å²) in [6.07, 6.45) is 4.11. The fraction of sp³-hybridized carbons (Fsp3) is 0.619. The van der Waals surface area contributed by atoms with Gasteiger partial charge >= 0.3 is 5.97 Å². The molecule has 5 heteroatoms. The van der Waals surface area contributed by atoms with Gasteiger partial charge in [-0.25, -0.2) is 4.79 Å². The van der Waals surface area contributed by atoms with Crippen molar-refractivity contribution < 1.29 is 19.1 Å². The van der Waals surface area contributed by atoms with E-state index in [9.17, 15) is 9.59 Å². The summed E-state index contributed by atoms with van der Waals surface area (Å²) in [4.78, 5) is 24.4. The quantitative estimate of drug-likeness (QED) is 0.807. The van der Waals surface area contributed by atoms with Crippen molar-refractivity contribution in [1.29, 1.82) is 0 Å². The van der Waals surface area contributed by atoms with Crippen molar-refractivity contribution >= 4 is 11.9 Å². The van der Waals surface area contributed by atoms with Crippen LogP contribution in [0.5, 0.6) is 5.75 Å². The first-order chi connectivity index (χ1) is 12.3. The second-order valence-corrected chi connectivity index (χ2v) is 8.16. The lowest BCUT2D eigenvalue weighted by molar-refractivity contribution is -0.126. The van der Waals surface area contributed by atoms with E-state index in [0.29, 0.717) is 29.2 Å². The molecular weight excluding hydrogens is 330 g/mol. The van der Waals surface area contributed by atoms with Crippen molar-refractivity contribution in [2.24, 2.45) is 17.3 Å². The van der Waals surface area contributed by atoms with Gasteiger partial charge in [-0.05, 0) is 54.7 Å². The molecule has 0 spiro atoms. The van der Waals surface area contributed by atoms with Gasteiger partial charge in [-0.15, -0.1) is 0 Å². The summed E-state index contributed by atoms with van der Waals surface area (Å²) in [6.45, 7) is 7.23. The zero-order valence-corrected chi connectivity index (χ0v) is 16.6. The lowest BCUT2D eigenvalue weighted by atomic mass is 9.69.